The first-order valence-electron chi connectivity index (χ1n) is 3.84. The van der Waals surface area contributed by atoms with E-state index in [2.05, 4.69) is 0 Å². The molecule has 0 aliphatic heterocycles. The van der Waals surface area contributed by atoms with E-state index in [1.54, 1.807) is 12.0 Å². The van der Waals surface area contributed by atoms with Gasteiger partial charge in [-0.05, 0) is 20.8 Å². The van der Waals surface area contributed by atoms with Gasteiger partial charge in [-0.15, -0.1) is 5.06 Å². The highest BCUT2D eigenvalue weighted by Crippen LogP contribution is 1.91. The van der Waals surface area contributed by atoms with Crippen molar-refractivity contribution in [3.63, 3.8) is 0 Å². The lowest BCUT2D eigenvalue weighted by atomic mass is 10.4. The third kappa shape index (κ3) is 3.95. The molecule has 2 N–H and O–H groups in total. The van der Waals surface area contributed by atoms with E-state index in [4.69, 9.17) is 10.6 Å². The van der Waals surface area contributed by atoms with Crippen molar-refractivity contribution in [3.8, 4) is 0 Å². The predicted octanol–water partition coefficient (Wildman–Crippen LogP) is 0.134. The van der Waals surface area contributed by atoms with Crippen molar-refractivity contribution in [3.05, 3.63) is 0 Å². The first kappa shape index (κ1) is 10.4. The molecule has 4 heteroatoms. The molecular formula is C7H16N2O2. The summed E-state index contributed by atoms with van der Waals surface area (Å²) in [5.41, 5.74) is 5.29. The lowest BCUT2D eigenvalue weighted by Crippen LogP contribution is -2.35. The molecule has 0 bridgehead atoms. The second-order valence-corrected chi connectivity index (χ2v) is 2.31. The van der Waals surface area contributed by atoms with E-state index < -0.39 is 6.04 Å². The van der Waals surface area contributed by atoms with Gasteiger partial charge in [0.1, 0.15) is 6.04 Å². The van der Waals surface area contributed by atoms with Crippen LogP contribution >= 0.6 is 0 Å². The molecule has 0 aromatic heterocycles. The Balaban J connectivity index is 3.72. The highest BCUT2D eigenvalue weighted by Gasteiger charge is 2.12. The minimum absolute atomic E-state index is 0.381. The standard InChI is InChI=1S/C7H16N2O2/c1-4-9(5-2)11-7(10)6(3)8/h6H,4-5,8H2,1-3H3/t6-/m0/s1. The van der Waals surface area contributed by atoms with E-state index in [0.29, 0.717) is 13.1 Å². The summed E-state index contributed by atoms with van der Waals surface area (Å²) >= 11 is 0. The van der Waals surface area contributed by atoms with Crippen LogP contribution < -0.4 is 5.73 Å². The van der Waals surface area contributed by atoms with Crippen molar-refractivity contribution in [2.45, 2.75) is 26.8 Å². The molecule has 4 nitrogen and oxygen atoms in total. The zero-order valence-electron chi connectivity index (χ0n) is 7.33. The zero-order valence-corrected chi connectivity index (χ0v) is 7.33. The Kier molecular flexibility index (Phi) is 4.81. The van der Waals surface area contributed by atoms with Crippen molar-refractivity contribution in [1.82, 2.24) is 5.06 Å². The van der Waals surface area contributed by atoms with Crippen LogP contribution in [0, 0.1) is 0 Å². The summed E-state index contributed by atoms with van der Waals surface area (Å²) in [4.78, 5) is 15.8. The number of carbonyl (C=O) groups is 1. The maximum absolute atomic E-state index is 10.9. The van der Waals surface area contributed by atoms with Crippen LogP contribution in [0.1, 0.15) is 20.8 Å². The third-order valence-corrected chi connectivity index (χ3v) is 1.30. The van der Waals surface area contributed by atoms with Gasteiger partial charge in [0, 0.05) is 13.1 Å². The van der Waals surface area contributed by atoms with Gasteiger partial charge in [-0.2, -0.15) is 0 Å². The van der Waals surface area contributed by atoms with Crippen LogP contribution in [-0.2, 0) is 9.63 Å². The van der Waals surface area contributed by atoms with Crippen LogP contribution in [-0.4, -0.2) is 30.2 Å². The van der Waals surface area contributed by atoms with Crippen LogP contribution in [0.15, 0.2) is 0 Å². The summed E-state index contributed by atoms with van der Waals surface area (Å²) in [6, 6.07) is -0.546. The number of hydrogen-bond acceptors (Lipinski definition) is 4. The summed E-state index contributed by atoms with van der Waals surface area (Å²) in [5.74, 6) is -0.381. The number of hydroxylamine groups is 2. The molecule has 0 aliphatic rings. The molecule has 0 saturated heterocycles. The molecule has 0 spiro atoms. The third-order valence-electron chi connectivity index (χ3n) is 1.30. The fourth-order valence-electron chi connectivity index (χ4n) is 0.563. The minimum Gasteiger partial charge on any atom is -0.366 e. The molecule has 0 aromatic carbocycles. The zero-order chi connectivity index (χ0) is 8.85. The summed E-state index contributed by atoms with van der Waals surface area (Å²) in [5, 5.41) is 1.56. The van der Waals surface area contributed by atoms with Gasteiger partial charge in [0.25, 0.3) is 0 Å². The molecule has 0 rings (SSSR count). The van der Waals surface area contributed by atoms with Crippen molar-refractivity contribution < 1.29 is 9.63 Å². The maximum Gasteiger partial charge on any atom is 0.341 e. The van der Waals surface area contributed by atoms with Crippen LogP contribution in [0.2, 0.25) is 0 Å². The van der Waals surface area contributed by atoms with E-state index in [9.17, 15) is 4.79 Å². The molecule has 0 amide bonds. The summed E-state index contributed by atoms with van der Waals surface area (Å²) < 4.78 is 0. The second-order valence-electron chi connectivity index (χ2n) is 2.31. The average Bonchev–Trinajstić information content (AvgIpc) is 1.99. The van der Waals surface area contributed by atoms with E-state index in [-0.39, 0.29) is 5.97 Å². The first-order chi connectivity index (χ1) is 5.11. The Morgan fingerprint density at radius 1 is 1.55 bits per heavy atom. The van der Waals surface area contributed by atoms with Crippen molar-refractivity contribution in [2.75, 3.05) is 13.1 Å². The van der Waals surface area contributed by atoms with Crippen LogP contribution in [0.25, 0.3) is 0 Å². The normalized spacial score (nSPS) is 13.2. The van der Waals surface area contributed by atoms with Gasteiger partial charge >= 0.3 is 5.97 Å². The van der Waals surface area contributed by atoms with Crippen molar-refractivity contribution in [2.24, 2.45) is 5.73 Å². The van der Waals surface area contributed by atoms with E-state index in [1.165, 1.54) is 0 Å². The summed E-state index contributed by atoms with van der Waals surface area (Å²) in [6.45, 7) is 6.81. The molecule has 0 saturated carbocycles. The lowest BCUT2D eigenvalue weighted by Gasteiger charge is -2.18. The van der Waals surface area contributed by atoms with Crippen LogP contribution in [0.5, 0.6) is 0 Å². The Bertz CT molecular complexity index is 122. The fraction of sp³-hybridized carbons (Fsp3) is 0.857. The highest BCUT2D eigenvalue weighted by atomic mass is 16.7. The lowest BCUT2D eigenvalue weighted by molar-refractivity contribution is -0.189. The molecule has 0 fully saturated rings. The van der Waals surface area contributed by atoms with Gasteiger partial charge in [0.2, 0.25) is 0 Å². The number of nitrogens with zero attached hydrogens (tertiary/aromatic N) is 1. The van der Waals surface area contributed by atoms with Gasteiger partial charge in [-0.25, -0.2) is 4.79 Å². The van der Waals surface area contributed by atoms with Gasteiger partial charge < -0.3 is 10.6 Å². The van der Waals surface area contributed by atoms with Gasteiger partial charge in [-0.1, -0.05) is 0 Å². The van der Waals surface area contributed by atoms with Crippen LogP contribution in [0.3, 0.4) is 0 Å². The Labute approximate surface area is 67.3 Å². The molecule has 66 valence electrons. The maximum atomic E-state index is 10.9. The molecule has 0 heterocycles. The quantitative estimate of drug-likeness (QED) is 0.594. The number of carbonyl (C=O) groups excluding carboxylic acids is 1. The second kappa shape index (κ2) is 5.09. The Hall–Kier alpha value is -0.610. The van der Waals surface area contributed by atoms with Crippen molar-refractivity contribution >= 4 is 5.97 Å². The van der Waals surface area contributed by atoms with Crippen molar-refractivity contribution in [1.29, 1.82) is 0 Å². The molecular weight excluding hydrogens is 144 g/mol. The smallest absolute Gasteiger partial charge is 0.341 e. The average molecular weight is 160 g/mol. The first-order valence-corrected chi connectivity index (χ1v) is 3.84. The molecule has 0 aromatic rings. The molecule has 0 unspecified atom stereocenters. The van der Waals surface area contributed by atoms with Gasteiger partial charge in [0.15, 0.2) is 0 Å². The Morgan fingerprint density at radius 2 is 2.00 bits per heavy atom. The van der Waals surface area contributed by atoms with Gasteiger partial charge in [-0.3, -0.25) is 0 Å². The van der Waals surface area contributed by atoms with E-state index >= 15 is 0 Å². The monoisotopic (exact) mass is 160 g/mol. The Morgan fingerprint density at radius 3 is 2.27 bits per heavy atom. The topological polar surface area (TPSA) is 55.6 Å². The number of rotatable bonds is 4. The fourth-order valence-corrected chi connectivity index (χ4v) is 0.563. The largest absolute Gasteiger partial charge is 0.366 e. The van der Waals surface area contributed by atoms with E-state index in [0.717, 1.165) is 0 Å². The SMILES string of the molecule is CCN(CC)OC(=O)[C@H](C)N. The number of nitrogens with two attached hydrogens (primary N) is 1. The molecule has 11 heavy (non-hydrogen) atoms. The minimum atomic E-state index is -0.546. The summed E-state index contributed by atoms with van der Waals surface area (Å²) in [7, 11) is 0. The summed E-state index contributed by atoms with van der Waals surface area (Å²) in [6.07, 6.45) is 0. The molecule has 0 radical (unpaired) electrons. The molecule has 1 atom stereocenters. The molecule has 0 aliphatic carbocycles. The van der Waals surface area contributed by atoms with Gasteiger partial charge in [0.05, 0.1) is 0 Å². The number of hydrogen-bond donors (Lipinski definition) is 1. The predicted molar refractivity (Wildman–Crippen MR) is 42.7 cm³/mol. The van der Waals surface area contributed by atoms with E-state index in [1.807, 2.05) is 13.8 Å². The van der Waals surface area contributed by atoms with Crippen LogP contribution in [0.4, 0.5) is 0 Å². The highest BCUT2D eigenvalue weighted by molar-refractivity contribution is 5.74.